The summed E-state index contributed by atoms with van der Waals surface area (Å²) in [7, 11) is 2.23. The van der Waals surface area contributed by atoms with Gasteiger partial charge in [0.15, 0.2) is 0 Å². The van der Waals surface area contributed by atoms with Gasteiger partial charge in [-0.05, 0) is 25.8 Å². The Kier molecular flexibility index (Phi) is 3.82. The van der Waals surface area contributed by atoms with Crippen LogP contribution in [0.25, 0.3) is 0 Å². The van der Waals surface area contributed by atoms with Gasteiger partial charge >= 0.3 is 0 Å². The molecule has 1 aliphatic carbocycles. The van der Waals surface area contributed by atoms with E-state index < -0.39 is 0 Å². The predicted molar refractivity (Wildman–Crippen MR) is 60.5 cm³/mol. The molecule has 0 spiro atoms. The van der Waals surface area contributed by atoms with Crippen LogP contribution in [0.3, 0.4) is 0 Å². The van der Waals surface area contributed by atoms with Gasteiger partial charge < -0.3 is 9.80 Å². The summed E-state index contributed by atoms with van der Waals surface area (Å²) in [5.74, 6) is 1.02. The summed E-state index contributed by atoms with van der Waals surface area (Å²) in [6.45, 7) is 6.52. The van der Waals surface area contributed by atoms with Crippen molar-refractivity contribution in [1.82, 2.24) is 9.80 Å². The summed E-state index contributed by atoms with van der Waals surface area (Å²) < 4.78 is 0. The lowest BCUT2D eigenvalue weighted by atomic mass is 9.89. The van der Waals surface area contributed by atoms with Crippen molar-refractivity contribution in [1.29, 1.82) is 0 Å². The number of hydrogen-bond acceptors (Lipinski definition) is 2. The van der Waals surface area contributed by atoms with Crippen LogP contribution in [-0.4, -0.2) is 49.6 Å². The molecule has 2 heteroatoms. The average molecular weight is 196 g/mol. The van der Waals surface area contributed by atoms with Crippen molar-refractivity contribution in [3.8, 4) is 0 Å². The SMILES string of the molecule is CN1CCN(CC2CCCCC2)CC1. The molecule has 0 N–H and O–H groups in total. The Morgan fingerprint density at radius 3 is 2.21 bits per heavy atom. The van der Waals surface area contributed by atoms with Gasteiger partial charge in [-0.25, -0.2) is 0 Å². The first-order valence-electron chi connectivity index (χ1n) is 6.25. The first kappa shape index (κ1) is 10.4. The zero-order valence-electron chi connectivity index (χ0n) is 9.54. The Morgan fingerprint density at radius 1 is 0.929 bits per heavy atom. The molecule has 0 bridgehead atoms. The van der Waals surface area contributed by atoms with Crippen LogP contribution in [-0.2, 0) is 0 Å². The normalized spacial score (nSPS) is 28.1. The minimum absolute atomic E-state index is 1.02. The van der Waals surface area contributed by atoms with E-state index in [2.05, 4.69) is 16.8 Å². The monoisotopic (exact) mass is 196 g/mol. The maximum atomic E-state index is 2.68. The van der Waals surface area contributed by atoms with Crippen LogP contribution >= 0.6 is 0 Å². The number of likely N-dealkylation sites (N-methyl/N-ethyl adjacent to an activating group) is 1. The lowest BCUT2D eigenvalue weighted by Crippen LogP contribution is -2.46. The summed E-state index contributed by atoms with van der Waals surface area (Å²) in [6, 6.07) is 0. The van der Waals surface area contributed by atoms with Crippen molar-refractivity contribution in [3.63, 3.8) is 0 Å². The first-order chi connectivity index (χ1) is 6.84. The van der Waals surface area contributed by atoms with Crippen LogP contribution in [0, 0.1) is 5.92 Å². The lowest BCUT2D eigenvalue weighted by molar-refractivity contribution is 0.125. The number of piperazine rings is 1. The molecule has 1 heterocycles. The summed E-state index contributed by atoms with van der Waals surface area (Å²) in [5.41, 5.74) is 0. The summed E-state index contributed by atoms with van der Waals surface area (Å²) in [5, 5.41) is 0. The number of nitrogens with zero attached hydrogens (tertiary/aromatic N) is 2. The van der Waals surface area contributed by atoms with Gasteiger partial charge in [0, 0.05) is 32.7 Å². The zero-order valence-corrected chi connectivity index (χ0v) is 9.54. The van der Waals surface area contributed by atoms with Crippen LogP contribution in [0.5, 0.6) is 0 Å². The van der Waals surface area contributed by atoms with Crippen molar-refractivity contribution in [2.45, 2.75) is 32.1 Å². The average Bonchev–Trinajstić information content (AvgIpc) is 2.23. The molecule has 2 fully saturated rings. The van der Waals surface area contributed by atoms with Crippen LogP contribution in [0.2, 0.25) is 0 Å². The second kappa shape index (κ2) is 5.13. The molecule has 0 radical (unpaired) electrons. The van der Waals surface area contributed by atoms with Crippen molar-refractivity contribution >= 4 is 0 Å². The summed E-state index contributed by atoms with van der Waals surface area (Å²) in [4.78, 5) is 5.12. The van der Waals surface area contributed by atoms with E-state index in [1.807, 2.05) is 0 Å². The van der Waals surface area contributed by atoms with E-state index >= 15 is 0 Å². The molecule has 1 saturated carbocycles. The molecular formula is C12H24N2. The second-order valence-electron chi connectivity index (χ2n) is 5.11. The van der Waals surface area contributed by atoms with E-state index in [1.54, 1.807) is 0 Å². The molecule has 0 amide bonds. The van der Waals surface area contributed by atoms with Crippen molar-refractivity contribution in [2.75, 3.05) is 39.8 Å². The molecule has 2 aliphatic rings. The highest BCUT2D eigenvalue weighted by atomic mass is 15.2. The van der Waals surface area contributed by atoms with Gasteiger partial charge in [0.2, 0.25) is 0 Å². The van der Waals surface area contributed by atoms with E-state index in [0.717, 1.165) is 5.92 Å². The quantitative estimate of drug-likeness (QED) is 0.664. The minimum atomic E-state index is 1.02. The van der Waals surface area contributed by atoms with E-state index in [1.165, 1.54) is 64.8 Å². The van der Waals surface area contributed by atoms with Gasteiger partial charge in [-0.1, -0.05) is 19.3 Å². The van der Waals surface area contributed by atoms with E-state index in [0.29, 0.717) is 0 Å². The zero-order chi connectivity index (χ0) is 9.80. The van der Waals surface area contributed by atoms with Gasteiger partial charge in [0.25, 0.3) is 0 Å². The summed E-state index contributed by atoms with van der Waals surface area (Å²) >= 11 is 0. The Bertz CT molecular complexity index is 156. The molecule has 0 unspecified atom stereocenters. The third kappa shape index (κ3) is 2.96. The highest BCUT2D eigenvalue weighted by Gasteiger charge is 2.19. The largest absolute Gasteiger partial charge is 0.304 e. The fourth-order valence-corrected chi connectivity index (χ4v) is 2.77. The molecule has 0 aromatic rings. The standard InChI is InChI=1S/C12H24N2/c1-13-7-9-14(10-8-13)11-12-5-3-2-4-6-12/h12H,2-11H2,1H3. The van der Waals surface area contributed by atoms with Crippen LogP contribution in [0.1, 0.15) is 32.1 Å². The third-order valence-electron chi connectivity index (χ3n) is 3.84. The van der Waals surface area contributed by atoms with Crippen LogP contribution in [0.15, 0.2) is 0 Å². The molecular weight excluding hydrogens is 172 g/mol. The molecule has 82 valence electrons. The third-order valence-corrected chi connectivity index (χ3v) is 3.84. The Labute approximate surface area is 88.3 Å². The molecule has 0 atom stereocenters. The van der Waals surface area contributed by atoms with E-state index in [4.69, 9.17) is 0 Å². The highest BCUT2D eigenvalue weighted by molar-refractivity contribution is 4.74. The second-order valence-corrected chi connectivity index (χ2v) is 5.11. The van der Waals surface area contributed by atoms with Gasteiger partial charge in [0.05, 0.1) is 0 Å². The van der Waals surface area contributed by atoms with Gasteiger partial charge in [-0.2, -0.15) is 0 Å². The van der Waals surface area contributed by atoms with Gasteiger partial charge in [-0.3, -0.25) is 0 Å². The highest BCUT2D eigenvalue weighted by Crippen LogP contribution is 2.24. The smallest absolute Gasteiger partial charge is 0.0110 e. The maximum Gasteiger partial charge on any atom is 0.0110 e. The number of hydrogen-bond donors (Lipinski definition) is 0. The Morgan fingerprint density at radius 2 is 1.57 bits per heavy atom. The molecule has 0 aromatic heterocycles. The van der Waals surface area contributed by atoms with Crippen molar-refractivity contribution in [2.24, 2.45) is 5.92 Å². The minimum Gasteiger partial charge on any atom is -0.304 e. The molecule has 2 rings (SSSR count). The van der Waals surface area contributed by atoms with E-state index in [9.17, 15) is 0 Å². The van der Waals surface area contributed by atoms with Crippen molar-refractivity contribution < 1.29 is 0 Å². The molecule has 0 aromatic carbocycles. The maximum absolute atomic E-state index is 2.68. The van der Waals surface area contributed by atoms with Crippen LogP contribution in [0.4, 0.5) is 0 Å². The van der Waals surface area contributed by atoms with Gasteiger partial charge in [0.1, 0.15) is 0 Å². The predicted octanol–water partition coefficient (Wildman–Crippen LogP) is 1.81. The molecule has 14 heavy (non-hydrogen) atoms. The summed E-state index contributed by atoms with van der Waals surface area (Å²) in [6.07, 6.45) is 7.44. The van der Waals surface area contributed by atoms with E-state index in [-0.39, 0.29) is 0 Å². The first-order valence-corrected chi connectivity index (χ1v) is 6.25. The topological polar surface area (TPSA) is 6.48 Å². The Balaban J connectivity index is 1.68. The number of rotatable bonds is 2. The molecule has 1 saturated heterocycles. The van der Waals surface area contributed by atoms with Gasteiger partial charge in [-0.15, -0.1) is 0 Å². The molecule has 1 aliphatic heterocycles. The lowest BCUT2D eigenvalue weighted by Gasteiger charge is -2.35. The fourth-order valence-electron chi connectivity index (χ4n) is 2.77. The Hall–Kier alpha value is -0.0800. The fraction of sp³-hybridized carbons (Fsp3) is 1.00. The van der Waals surface area contributed by atoms with Crippen LogP contribution < -0.4 is 0 Å². The van der Waals surface area contributed by atoms with Crippen molar-refractivity contribution in [3.05, 3.63) is 0 Å². The molecule has 2 nitrogen and oxygen atoms in total.